The van der Waals surface area contributed by atoms with Gasteiger partial charge in [-0.15, -0.1) is 6.58 Å². The lowest BCUT2D eigenvalue weighted by atomic mass is 10.1. The van der Waals surface area contributed by atoms with Gasteiger partial charge >= 0.3 is 0 Å². The van der Waals surface area contributed by atoms with Crippen LogP contribution in [-0.2, 0) is 0 Å². The van der Waals surface area contributed by atoms with Crippen molar-refractivity contribution in [2.24, 2.45) is 11.7 Å². The Morgan fingerprint density at radius 3 is 1.38 bits per heavy atom. The number of allylic oxidation sites excluding steroid dienone is 1. The molecule has 0 bridgehead atoms. The Bertz CT molecular complexity index is 90.5. The van der Waals surface area contributed by atoms with Gasteiger partial charge in [0.15, 0.2) is 0 Å². The van der Waals surface area contributed by atoms with E-state index in [0.717, 1.165) is 5.92 Å². The standard InChI is InChI=1S/C7H14.C3H9N.C2H6/c1-6(2)5-7(3)4;1-3(2)4;1-2/h7H,1,5H2,2-4H3;3H,4H2,1-2H3;1-2H3. The Balaban J connectivity index is -0.000000142. The Kier molecular flexibility index (Phi) is 20.2. The molecule has 0 saturated heterocycles. The monoisotopic (exact) mass is 187 g/mol. The molecule has 0 aliphatic carbocycles. The van der Waals surface area contributed by atoms with Crippen molar-refractivity contribution in [3.05, 3.63) is 12.2 Å². The molecule has 1 nitrogen and oxygen atoms in total. The first-order valence-electron chi connectivity index (χ1n) is 5.26. The van der Waals surface area contributed by atoms with Crippen molar-refractivity contribution in [1.82, 2.24) is 0 Å². The minimum absolute atomic E-state index is 0.333. The zero-order valence-electron chi connectivity index (χ0n) is 10.6. The van der Waals surface area contributed by atoms with Gasteiger partial charge < -0.3 is 5.73 Å². The third kappa shape index (κ3) is 80.4. The third-order valence-electron chi connectivity index (χ3n) is 0.757. The number of rotatable bonds is 2. The third-order valence-corrected chi connectivity index (χ3v) is 0.757. The molecule has 13 heavy (non-hydrogen) atoms. The fourth-order valence-electron chi connectivity index (χ4n) is 0.697. The van der Waals surface area contributed by atoms with Crippen molar-refractivity contribution < 1.29 is 0 Å². The molecule has 0 aromatic rings. The van der Waals surface area contributed by atoms with Crippen LogP contribution in [0.5, 0.6) is 0 Å². The lowest BCUT2D eigenvalue weighted by molar-refractivity contribution is 0.644. The van der Waals surface area contributed by atoms with E-state index in [2.05, 4.69) is 27.4 Å². The van der Waals surface area contributed by atoms with E-state index < -0.39 is 0 Å². The molecule has 0 rings (SSSR count). The molecular formula is C12H29N. The maximum absolute atomic E-state index is 5.11. The van der Waals surface area contributed by atoms with E-state index in [1.807, 2.05) is 27.7 Å². The number of nitrogens with two attached hydrogens (primary N) is 1. The molecule has 0 heterocycles. The Morgan fingerprint density at radius 2 is 1.38 bits per heavy atom. The summed E-state index contributed by atoms with van der Waals surface area (Å²) in [5, 5.41) is 0. The Hall–Kier alpha value is -0.300. The van der Waals surface area contributed by atoms with Crippen LogP contribution in [0.1, 0.15) is 54.9 Å². The quantitative estimate of drug-likeness (QED) is 0.650. The van der Waals surface area contributed by atoms with E-state index >= 15 is 0 Å². The van der Waals surface area contributed by atoms with Crippen LogP contribution in [-0.4, -0.2) is 6.04 Å². The van der Waals surface area contributed by atoms with Gasteiger partial charge in [-0.2, -0.15) is 0 Å². The Labute approximate surface area is 85.4 Å². The van der Waals surface area contributed by atoms with Crippen molar-refractivity contribution in [2.45, 2.75) is 60.9 Å². The van der Waals surface area contributed by atoms with Crippen LogP contribution in [0, 0.1) is 5.92 Å². The van der Waals surface area contributed by atoms with Gasteiger partial charge in [-0.25, -0.2) is 0 Å². The molecule has 0 aliphatic rings. The summed E-state index contributed by atoms with van der Waals surface area (Å²) in [4.78, 5) is 0. The second-order valence-electron chi connectivity index (χ2n) is 3.80. The van der Waals surface area contributed by atoms with E-state index in [0.29, 0.717) is 6.04 Å². The van der Waals surface area contributed by atoms with Gasteiger partial charge in [0.2, 0.25) is 0 Å². The summed E-state index contributed by atoms with van der Waals surface area (Å²) >= 11 is 0. The highest BCUT2D eigenvalue weighted by Gasteiger charge is 1.90. The van der Waals surface area contributed by atoms with E-state index in [4.69, 9.17) is 5.73 Å². The molecular weight excluding hydrogens is 158 g/mol. The summed E-state index contributed by atoms with van der Waals surface area (Å²) in [6.07, 6.45) is 1.17. The molecule has 0 atom stereocenters. The molecule has 0 fully saturated rings. The first kappa shape index (κ1) is 18.5. The van der Waals surface area contributed by atoms with Gasteiger partial charge in [0.1, 0.15) is 0 Å². The molecule has 0 spiro atoms. The van der Waals surface area contributed by atoms with Gasteiger partial charge in [0, 0.05) is 0 Å². The topological polar surface area (TPSA) is 26.0 Å². The average molecular weight is 187 g/mol. The molecule has 1 heteroatoms. The minimum Gasteiger partial charge on any atom is -0.328 e. The minimum atomic E-state index is 0.333. The fraction of sp³-hybridized carbons (Fsp3) is 0.833. The molecule has 0 aromatic heterocycles. The molecule has 0 aromatic carbocycles. The van der Waals surface area contributed by atoms with E-state index in [1.54, 1.807) is 0 Å². The van der Waals surface area contributed by atoms with Crippen LogP contribution in [0.2, 0.25) is 0 Å². The molecule has 82 valence electrons. The van der Waals surface area contributed by atoms with Crippen LogP contribution in [0.4, 0.5) is 0 Å². The normalized spacial score (nSPS) is 8.46. The van der Waals surface area contributed by atoms with Crippen LogP contribution < -0.4 is 5.73 Å². The van der Waals surface area contributed by atoms with Crippen LogP contribution in [0.15, 0.2) is 12.2 Å². The second kappa shape index (κ2) is 14.2. The SMILES string of the molecule is C=C(C)CC(C)C.CC.CC(C)N. The summed E-state index contributed by atoms with van der Waals surface area (Å²) < 4.78 is 0. The maximum atomic E-state index is 5.11. The molecule has 0 saturated carbocycles. The first-order valence-corrected chi connectivity index (χ1v) is 5.26. The zero-order chi connectivity index (χ0) is 11.4. The second-order valence-corrected chi connectivity index (χ2v) is 3.80. The molecule has 0 amide bonds. The van der Waals surface area contributed by atoms with E-state index in [-0.39, 0.29) is 0 Å². The van der Waals surface area contributed by atoms with Gasteiger partial charge in [-0.3, -0.25) is 0 Å². The predicted molar refractivity (Wildman–Crippen MR) is 64.9 cm³/mol. The average Bonchev–Trinajstić information content (AvgIpc) is 1.87. The summed E-state index contributed by atoms with van der Waals surface area (Å²) in [5.41, 5.74) is 6.40. The molecule has 0 aliphatic heterocycles. The van der Waals surface area contributed by atoms with Crippen LogP contribution in [0.25, 0.3) is 0 Å². The van der Waals surface area contributed by atoms with Crippen LogP contribution in [0.3, 0.4) is 0 Å². The van der Waals surface area contributed by atoms with Crippen molar-refractivity contribution >= 4 is 0 Å². The zero-order valence-corrected chi connectivity index (χ0v) is 10.6. The largest absolute Gasteiger partial charge is 0.328 e. The van der Waals surface area contributed by atoms with Crippen molar-refractivity contribution in [3.63, 3.8) is 0 Å². The van der Waals surface area contributed by atoms with Gasteiger partial charge in [-0.05, 0) is 25.3 Å². The predicted octanol–water partition coefficient (Wildman–Crippen LogP) is 3.99. The van der Waals surface area contributed by atoms with E-state index in [1.165, 1.54) is 12.0 Å². The van der Waals surface area contributed by atoms with Crippen molar-refractivity contribution in [3.8, 4) is 0 Å². The highest BCUT2D eigenvalue weighted by atomic mass is 14.6. The summed E-state index contributed by atoms with van der Waals surface area (Å²) in [6.45, 7) is 18.2. The first-order chi connectivity index (χ1) is 5.86. The molecule has 0 radical (unpaired) electrons. The summed E-state index contributed by atoms with van der Waals surface area (Å²) in [6, 6.07) is 0.333. The maximum Gasteiger partial charge on any atom is -0.00179 e. The molecule has 0 unspecified atom stereocenters. The van der Waals surface area contributed by atoms with Gasteiger partial charge in [0.05, 0.1) is 0 Å². The fourth-order valence-corrected chi connectivity index (χ4v) is 0.697. The van der Waals surface area contributed by atoms with Gasteiger partial charge in [0.25, 0.3) is 0 Å². The summed E-state index contributed by atoms with van der Waals surface area (Å²) in [5.74, 6) is 0.775. The highest BCUT2D eigenvalue weighted by molar-refractivity contribution is 4.88. The van der Waals surface area contributed by atoms with Crippen molar-refractivity contribution in [2.75, 3.05) is 0 Å². The van der Waals surface area contributed by atoms with E-state index in [9.17, 15) is 0 Å². The lowest BCUT2D eigenvalue weighted by Crippen LogP contribution is -2.06. The molecule has 2 N–H and O–H groups in total. The van der Waals surface area contributed by atoms with Crippen molar-refractivity contribution in [1.29, 1.82) is 0 Å². The smallest absolute Gasteiger partial charge is 0.00179 e. The van der Waals surface area contributed by atoms with Crippen LogP contribution >= 0.6 is 0 Å². The highest BCUT2D eigenvalue weighted by Crippen LogP contribution is 2.05. The number of hydrogen-bond donors (Lipinski definition) is 1. The number of hydrogen-bond acceptors (Lipinski definition) is 1. The van der Waals surface area contributed by atoms with Gasteiger partial charge in [-0.1, -0.05) is 47.1 Å². The Morgan fingerprint density at radius 1 is 1.15 bits per heavy atom. The summed E-state index contributed by atoms with van der Waals surface area (Å²) in [7, 11) is 0. The lowest BCUT2D eigenvalue weighted by Gasteiger charge is -1.99.